The summed E-state index contributed by atoms with van der Waals surface area (Å²) in [5, 5.41) is 3.74. The van der Waals surface area contributed by atoms with Crippen molar-refractivity contribution in [1.29, 1.82) is 0 Å². The van der Waals surface area contributed by atoms with Crippen LogP contribution in [-0.2, 0) is 4.74 Å². The number of hydrogen-bond donors (Lipinski definition) is 1. The largest absolute Gasteiger partial charge is 0.442 e. The summed E-state index contributed by atoms with van der Waals surface area (Å²) in [6, 6.07) is 17.3. The van der Waals surface area contributed by atoms with E-state index in [9.17, 15) is 4.79 Å². The second-order valence-corrected chi connectivity index (χ2v) is 10.1. The Hall–Kier alpha value is -2.63. The van der Waals surface area contributed by atoms with E-state index in [0.29, 0.717) is 5.69 Å². The number of allylic oxidation sites excluding steroid dienone is 1. The number of rotatable bonds is 6. The van der Waals surface area contributed by atoms with Crippen LogP contribution in [0, 0.1) is 6.92 Å². The highest BCUT2D eigenvalue weighted by Crippen LogP contribution is 2.41. The highest BCUT2D eigenvalue weighted by atomic mass is 35.5. The van der Waals surface area contributed by atoms with Crippen molar-refractivity contribution in [1.82, 2.24) is 4.37 Å². The molecule has 1 atom stereocenters. The van der Waals surface area contributed by atoms with E-state index in [-0.39, 0.29) is 6.10 Å². The van der Waals surface area contributed by atoms with Crippen LogP contribution in [0.5, 0.6) is 0 Å². The van der Waals surface area contributed by atoms with Crippen molar-refractivity contribution < 1.29 is 9.53 Å². The SMILES string of the molecule is Cc1nsc(-c2ccc(-c3ccc(C4CC4)cc3)cc2)c1NC(=O)OC(C)C1=C(Cl)CCC1. The Bertz CT molecular complexity index is 1190. The molecular formula is C27H27ClN2O2S. The molecular weight excluding hydrogens is 452 g/mol. The van der Waals surface area contributed by atoms with Gasteiger partial charge in [0.05, 0.1) is 16.3 Å². The van der Waals surface area contributed by atoms with Crippen molar-refractivity contribution >= 4 is 34.9 Å². The lowest BCUT2D eigenvalue weighted by Gasteiger charge is -2.16. The maximum Gasteiger partial charge on any atom is 0.412 e. The van der Waals surface area contributed by atoms with Gasteiger partial charge in [-0.25, -0.2) is 4.79 Å². The highest BCUT2D eigenvalue weighted by molar-refractivity contribution is 7.10. The molecule has 0 saturated heterocycles. The lowest BCUT2D eigenvalue weighted by Crippen LogP contribution is -2.22. The van der Waals surface area contributed by atoms with Gasteiger partial charge in [-0.2, -0.15) is 4.37 Å². The van der Waals surface area contributed by atoms with E-state index in [0.717, 1.165) is 51.9 Å². The van der Waals surface area contributed by atoms with E-state index in [4.69, 9.17) is 16.3 Å². The second-order valence-electron chi connectivity index (χ2n) is 8.90. The molecule has 5 rings (SSSR count). The number of carbonyl (C=O) groups excluding carboxylic acids is 1. The summed E-state index contributed by atoms with van der Waals surface area (Å²) >= 11 is 7.65. The third-order valence-electron chi connectivity index (χ3n) is 6.49. The van der Waals surface area contributed by atoms with Gasteiger partial charge in [0.1, 0.15) is 6.10 Å². The summed E-state index contributed by atoms with van der Waals surface area (Å²) in [7, 11) is 0. The molecule has 0 bridgehead atoms. The van der Waals surface area contributed by atoms with E-state index < -0.39 is 6.09 Å². The molecule has 33 heavy (non-hydrogen) atoms. The van der Waals surface area contributed by atoms with Crippen LogP contribution < -0.4 is 5.32 Å². The molecule has 1 heterocycles. The fourth-order valence-electron chi connectivity index (χ4n) is 4.41. The van der Waals surface area contributed by atoms with Gasteiger partial charge in [-0.3, -0.25) is 5.32 Å². The van der Waals surface area contributed by atoms with Gasteiger partial charge < -0.3 is 4.74 Å². The molecule has 0 spiro atoms. The topological polar surface area (TPSA) is 51.2 Å². The van der Waals surface area contributed by atoms with E-state index in [2.05, 4.69) is 58.2 Å². The number of aryl methyl sites for hydroxylation is 1. The molecule has 1 unspecified atom stereocenters. The molecule has 170 valence electrons. The van der Waals surface area contributed by atoms with E-state index >= 15 is 0 Å². The monoisotopic (exact) mass is 478 g/mol. The number of ether oxygens (including phenoxy) is 1. The van der Waals surface area contributed by atoms with Gasteiger partial charge in [-0.05, 0) is 91.2 Å². The Morgan fingerprint density at radius 3 is 2.30 bits per heavy atom. The number of anilines is 1. The molecule has 0 aliphatic heterocycles. The van der Waals surface area contributed by atoms with Crippen LogP contribution in [0.3, 0.4) is 0 Å². The average Bonchev–Trinajstić information content (AvgIpc) is 3.49. The predicted molar refractivity (Wildman–Crippen MR) is 136 cm³/mol. The zero-order valence-electron chi connectivity index (χ0n) is 18.9. The summed E-state index contributed by atoms with van der Waals surface area (Å²) in [5.74, 6) is 0.767. The number of halogens is 1. The van der Waals surface area contributed by atoms with Gasteiger partial charge in [0, 0.05) is 5.03 Å². The lowest BCUT2D eigenvalue weighted by atomic mass is 10.0. The zero-order chi connectivity index (χ0) is 22.9. The number of nitrogens with zero attached hydrogens (tertiary/aromatic N) is 1. The first kappa shape index (κ1) is 22.2. The Kier molecular flexibility index (Phi) is 6.26. The summed E-state index contributed by atoms with van der Waals surface area (Å²) in [4.78, 5) is 13.5. The number of aromatic nitrogens is 1. The molecule has 1 aromatic heterocycles. The van der Waals surface area contributed by atoms with Crippen LogP contribution in [0.4, 0.5) is 10.5 Å². The Balaban J connectivity index is 1.30. The zero-order valence-corrected chi connectivity index (χ0v) is 20.4. The van der Waals surface area contributed by atoms with E-state index in [1.54, 1.807) is 0 Å². The van der Waals surface area contributed by atoms with Crippen molar-refractivity contribution in [2.45, 2.75) is 58.0 Å². The number of hydrogen-bond acceptors (Lipinski definition) is 4. The van der Waals surface area contributed by atoms with Crippen molar-refractivity contribution in [3.8, 4) is 21.6 Å². The fraction of sp³-hybridized carbons (Fsp3) is 0.333. The van der Waals surface area contributed by atoms with Gasteiger partial charge in [-0.15, -0.1) is 0 Å². The Labute approximate surface area is 203 Å². The number of nitrogens with one attached hydrogen (secondary N) is 1. The maximum atomic E-state index is 12.6. The van der Waals surface area contributed by atoms with Crippen LogP contribution in [0.1, 0.15) is 56.2 Å². The molecule has 1 N–H and O–H groups in total. The van der Waals surface area contributed by atoms with Crippen molar-refractivity contribution in [2.24, 2.45) is 0 Å². The van der Waals surface area contributed by atoms with Crippen LogP contribution in [-0.4, -0.2) is 16.6 Å². The van der Waals surface area contributed by atoms with Crippen LogP contribution in [0.25, 0.3) is 21.6 Å². The second kappa shape index (κ2) is 9.32. The van der Waals surface area contributed by atoms with Crippen LogP contribution in [0.2, 0.25) is 0 Å². The molecule has 3 aromatic rings. The van der Waals surface area contributed by atoms with Gasteiger partial charge in [0.25, 0.3) is 0 Å². The van der Waals surface area contributed by atoms with Crippen molar-refractivity contribution in [2.75, 3.05) is 5.32 Å². The maximum absolute atomic E-state index is 12.6. The molecule has 4 nitrogen and oxygen atoms in total. The molecule has 1 fully saturated rings. The minimum Gasteiger partial charge on any atom is -0.442 e. The average molecular weight is 479 g/mol. The number of carbonyl (C=O) groups is 1. The third-order valence-corrected chi connectivity index (χ3v) is 7.91. The van der Waals surface area contributed by atoms with Crippen LogP contribution in [0.15, 0.2) is 59.1 Å². The third kappa shape index (κ3) is 4.85. The van der Waals surface area contributed by atoms with E-state index in [1.165, 1.54) is 41.1 Å². The standard InChI is InChI=1S/C27H27ClN2O2S/c1-16-25(29-27(31)32-17(2)23-4-3-5-24(23)28)26(33-30-16)22-14-12-21(13-15-22)20-10-8-19(9-11-20)18-6-7-18/h8-15,17-18H,3-7H2,1-2H3,(H,29,31). The fourth-order valence-corrected chi connectivity index (χ4v) is 5.64. The smallest absolute Gasteiger partial charge is 0.412 e. The van der Waals surface area contributed by atoms with Crippen molar-refractivity contribution in [3.63, 3.8) is 0 Å². The molecule has 0 radical (unpaired) electrons. The first-order valence-electron chi connectivity index (χ1n) is 11.5. The van der Waals surface area contributed by atoms with Gasteiger partial charge in [0.15, 0.2) is 0 Å². The minimum atomic E-state index is -0.483. The summed E-state index contributed by atoms with van der Waals surface area (Å²) < 4.78 is 10.1. The predicted octanol–water partition coefficient (Wildman–Crippen LogP) is 8.28. The Morgan fingerprint density at radius 1 is 1.06 bits per heavy atom. The molecule has 2 aliphatic carbocycles. The van der Waals surface area contributed by atoms with Gasteiger partial charge >= 0.3 is 6.09 Å². The first-order valence-corrected chi connectivity index (χ1v) is 12.7. The summed E-state index contributed by atoms with van der Waals surface area (Å²) in [6.07, 6.45) is 4.58. The normalized spacial score (nSPS) is 16.7. The highest BCUT2D eigenvalue weighted by Gasteiger charge is 2.24. The molecule has 6 heteroatoms. The van der Waals surface area contributed by atoms with E-state index in [1.807, 2.05) is 13.8 Å². The molecule has 2 aromatic carbocycles. The lowest BCUT2D eigenvalue weighted by molar-refractivity contribution is 0.136. The number of benzene rings is 2. The van der Waals surface area contributed by atoms with Crippen molar-refractivity contribution in [3.05, 3.63) is 70.4 Å². The van der Waals surface area contributed by atoms with Crippen LogP contribution >= 0.6 is 23.1 Å². The first-order chi connectivity index (χ1) is 16.0. The summed E-state index contributed by atoms with van der Waals surface area (Å²) in [6.45, 7) is 3.77. The molecule has 1 amide bonds. The Morgan fingerprint density at radius 2 is 1.70 bits per heavy atom. The van der Waals surface area contributed by atoms with Gasteiger partial charge in [0.2, 0.25) is 0 Å². The molecule has 1 saturated carbocycles. The quantitative estimate of drug-likeness (QED) is 0.387. The minimum absolute atomic E-state index is 0.332. The number of amides is 1. The van der Waals surface area contributed by atoms with Gasteiger partial charge in [-0.1, -0.05) is 60.1 Å². The summed E-state index contributed by atoms with van der Waals surface area (Å²) in [5.41, 5.74) is 7.34. The molecule has 2 aliphatic rings.